The topological polar surface area (TPSA) is 212 Å². The monoisotopic (exact) mass is 1030 g/mol. The van der Waals surface area contributed by atoms with Gasteiger partial charge in [0.2, 0.25) is 0 Å². The first-order valence-electron chi connectivity index (χ1n) is 22.6. The number of nitrogens with zero attached hydrogens (tertiary/aromatic N) is 6. The van der Waals surface area contributed by atoms with Crippen LogP contribution in [0.5, 0.6) is 0 Å². The third-order valence-corrected chi connectivity index (χ3v) is 14.3. The first-order valence-corrected chi connectivity index (χ1v) is 25.0. The lowest BCUT2D eigenvalue weighted by atomic mass is 9.77. The molecule has 4 heterocycles. The molecule has 0 saturated carbocycles. The van der Waals surface area contributed by atoms with Gasteiger partial charge in [0.15, 0.2) is 22.8 Å². The molecule has 0 aliphatic carbocycles. The molecule has 9 rings (SSSR count). The molecule has 2 aromatic heterocycles. The van der Waals surface area contributed by atoms with Crippen LogP contribution in [0, 0.1) is 0 Å². The Bertz CT molecular complexity index is 3230. The second-order valence-corrected chi connectivity index (χ2v) is 18.7. The molecule has 368 valence electrons. The molecule has 20 heteroatoms. The van der Waals surface area contributed by atoms with Gasteiger partial charge < -0.3 is 25.0 Å². The lowest BCUT2D eigenvalue weighted by Crippen LogP contribution is -2.71. The standard InChI is InChI=1S/C53H45N9O8S3/c1-68-54-28-29-61-45(58-59-47(64)49(61)66)40(71)30-35-31-72-50-42(48(65)62(50)43(35)51(67)70-44(33-18-8-3-9-19-33)34-20-10-4-11-21-34)56-46(63)41(60-69-2)39-32-73-52(55-39)57-53(36-22-12-5-13-23-36,37-24-14-6-15-25-37)38-26-16-7-17-27-38/h3-28,30,32,42,44,50,71H,29,31H2,1-2H3,(H,55,57)(H,56,63)(H,59,64). The maximum absolute atomic E-state index is 14.8. The molecule has 0 spiro atoms. The molecule has 17 nitrogen and oxygen atoms in total. The number of rotatable bonds is 18. The third-order valence-electron chi connectivity index (χ3n) is 11.9. The van der Waals surface area contributed by atoms with E-state index in [1.807, 2.05) is 152 Å². The van der Waals surface area contributed by atoms with Gasteiger partial charge in [-0.1, -0.05) is 162 Å². The van der Waals surface area contributed by atoms with E-state index in [-0.39, 0.29) is 45.7 Å². The number of thioether (sulfide) groups is 1. The van der Waals surface area contributed by atoms with Crippen LogP contribution in [0.25, 0.3) is 4.91 Å². The fourth-order valence-electron chi connectivity index (χ4n) is 8.59. The molecular formula is C53H45N9O8S3. The fraction of sp³-hybridized carbons (Fsp3) is 0.151. The predicted octanol–water partition coefficient (Wildman–Crippen LogP) is 6.73. The van der Waals surface area contributed by atoms with Gasteiger partial charge in [0, 0.05) is 16.0 Å². The van der Waals surface area contributed by atoms with E-state index in [9.17, 15) is 24.0 Å². The number of allylic oxidation sites excluding steroid dienone is 1. The van der Waals surface area contributed by atoms with Crippen LogP contribution in [0.3, 0.4) is 0 Å². The van der Waals surface area contributed by atoms with Gasteiger partial charge in [0.05, 0.1) is 12.8 Å². The van der Waals surface area contributed by atoms with Gasteiger partial charge in [-0.15, -0.1) is 35.7 Å². The molecule has 2 aliphatic heterocycles. The molecule has 73 heavy (non-hydrogen) atoms. The Kier molecular flexibility index (Phi) is 15.2. The number of amides is 2. The van der Waals surface area contributed by atoms with Gasteiger partial charge in [-0.3, -0.25) is 28.6 Å². The van der Waals surface area contributed by atoms with E-state index in [4.69, 9.17) is 19.4 Å². The van der Waals surface area contributed by atoms with Gasteiger partial charge in [-0.25, -0.2) is 14.9 Å². The number of esters is 1. The summed E-state index contributed by atoms with van der Waals surface area (Å²) in [6, 6.07) is 47.1. The Labute approximate surface area is 431 Å². The number of carbonyl (C=O) groups is 3. The second kappa shape index (κ2) is 22.4. The van der Waals surface area contributed by atoms with E-state index in [0.717, 1.165) is 21.3 Å². The van der Waals surface area contributed by atoms with E-state index in [0.29, 0.717) is 16.3 Å². The predicted molar refractivity (Wildman–Crippen MR) is 283 cm³/mol. The van der Waals surface area contributed by atoms with E-state index in [1.165, 1.54) is 54.5 Å². The molecule has 5 aromatic carbocycles. The molecule has 3 N–H and O–H groups in total. The lowest BCUT2D eigenvalue weighted by Gasteiger charge is -2.49. The molecule has 1 fully saturated rings. The Morgan fingerprint density at radius 3 is 1.95 bits per heavy atom. The highest BCUT2D eigenvalue weighted by atomic mass is 32.2. The van der Waals surface area contributed by atoms with Crippen LogP contribution in [0.1, 0.15) is 45.4 Å². The van der Waals surface area contributed by atoms with Gasteiger partial charge in [-0.2, -0.15) is 5.10 Å². The maximum atomic E-state index is 14.8. The van der Waals surface area contributed by atoms with Gasteiger partial charge in [-0.05, 0) is 39.5 Å². The number of thiazole rings is 1. The van der Waals surface area contributed by atoms with Crippen molar-refractivity contribution < 1.29 is 28.8 Å². The number of β-lactam (4-membered cyclic amide) rings is 1. The zero-order chi connectivity index (χ0) is 50.9. The Morgan fingerprint density at radius 2 is 1.40 bits per heavy atom. The molecular weight excluding hydrogens is 987 g/mol. The highest BCUT2D eigenvalue weighted by molar-refractivity contribution is 8.00. The first-order chi connectivity index (χ1) is 35.6. The zero-order valence-electron chi connectivity index (χ0n) is 39.0. The van der Waals surface area contributed by atoms with E-state index in [2.05, 4.69) is 43.8 Å². The number of ether oxygens (including phenoxy) is 1. The molecule has 2 atom stereocenters. The minimum Gasteiger partial charge on any atom is -0.448 e. The number of aromatic amines is 1. The molecule has 1 saturated heterocycles. The number of anilines is 1. The molecule has 2 unspecified atom stereocenters. The summed E-state index contributed by atoms with van der Waals surface area (Å²) in [6.45, 7) is -0.202. The second-order valence-electron chi connectivity index (χ2n) is 16.3. The van der Waals surface area contributed by atoms with Crippen molar-refractivity contribution in [2.24, 2.45) is 10.3 Å². The number of thiol groups is 1. The summed E-state index contributed by atoms with van der Waals surface area (Å²) in [5.74, 6) is -2.19. The van der Waals surface area contributed by atoms with Crippen molar-refractivity contribution in [3.63, 3.8) is 0 Å². The van der Waals surface area contributed by atoms with Crippen molar-refractivity contribution in [3.05, 3.63) is 234 Å². The Balaban J connectivity index is 1.03. The van der Waals surface area contributed by atoms with Gasteiger partial charge in [0.25, 0.3) is 11.8 Å². The van der Waals surface area contributed by atoms with Crippen molar-refractivity contribution in [1.29, 1.82) is 0 Å². The number of hydrogen-bond donors (Lipinski definition) is 4. The average Bonchev–Trinajstić information content (AvgIpc) is 3.90. The van der Waals surface area contributed by atoms with Crippen LogP contribution < -0.4 is 21.8 Å². The summed E-state index contributed by atoms with van der Waals surface area (Å²) in [5, 5.41) is 21.9. The van der Waals surface area contributed by atoms with Crippen LogP contribution in [-0.4, -0.2) is 85.7 Å². The summed E-state index contributed by atoms with van der Waals surface area (Å²) in [5.41, 5.74) is 1.51. The lowest BCUT2D eigenvalue weighted by molar-refractivity contribution is -0.154. The minimum absolute atomic E-state index is 0.0603. The van der Waals surface area contributed by atoms with Crippen LogP contribution in [-0.2, 0) is 40.9 Å². The smallest absolute Gasteiger partial charge is 0.356 e. The Hall–Kier alpha value is -8.33. The van der Waals surface area contributed by atoms with Gasteiger partial charge in [0.1, 0.15) is 42.6 Å². The van der Waals surface area contributed by atoms with Crippen molar-refractivity contribution in [2.45, 2.75) is 29.6 Å². The van der Waals surface area contributed by atoms with Crippen LogP contribution in [0.15, 0.2) is 194 Å². The van der Waals surface area contributed by atoms with E-state index >= 15 is 0 Å². The number of aromatic nitrogens is 4. The van der Waals surface area contributed by atoms with E-state index < -0.39 is 52.0 Å². The SMILES string of the molecule is CON=CCn1c(C(S)=CC2=C(C(=O)OC(c3ccccc3)c3ccccc3)N3C(=O)C(NC(=O)C(=NOC)c4csc(NC(c5ccccc5)(c5ccccc5)c5ccccc5)n4)C3SC2)n[nH]c(=O)c1=O. The Morgan fingerprint density at radius 1 is 0.836 bits per heavy atom. The van der Waals surface area contributed by atoms with Crippen molar-refractivity contribution >= 4 is 75.5 Å². The summed E-state index contributed by atoms with van der Waals surface area (Å²) in [4.78, 5) is 85.2. The fourth-order valence-corrected chi connectivity index (χ4v) is 11.0. The molecule has 0 bridgehead atoms. The van der Waals surface area contributed by atoms with Gasteiger partial charge >= 0.3 is 17.1 Å². The van der Waals surface area contributed by atoms with Crippen LogP contribution in [0.4, 0.5) is 5.13 Å². The van der Waals surface area contributed by atoms with Crippen LogP contribution in [0.2, 0.25) is 0 Å². The number of benzene rings is 5. The molecule has 2 aliphatic rings. The molecule has 2 amide bonds. The summed E-state index contributed by atoms with van der Waals surface area (Å²) < 4.78 is 7.36. The quantitative estimate of drug-likeness (QED) is 0.0134. The normalized spacial score (nSPS) is 15.9. The van der Waals surface area contributed by atoms with E-state index in [1.54, 1.807) is 5.38 Å². The summed E-state index contributed by atoms with van der Waals surface area (Å²) in [6.07, 6.45) is 1.85. The van der Waals surface area contributed by atoms with Crippen molar-refractivity contribution in [1.82, 2.24) is 30.0 Å². The molecule has 0 radical (unpaired) electrons. The highest BCUT2D eigenvalue weighted by Crippen LogP contribution is 2.44. The third kappa shape index (κ3) is 10.3. The average molecular weight is 1030 g/mol. The summed E-state index contributed by atoms with van der Waals surface area (Å²) >= 11 is 7.21. The number of carbonyl (C=O) groups excluding carboxylic acids is 3. The minimum atomic E-state index is -1.13. The number of nitrogens with one attached hydrogen (secondary N) is 3. The number of oxime groups is 2. The number of H-pyrrole nitrogens is 1. The van der Waals surface area contributed by atoms with Crippen molar-refractivity contribution in [3.8, 4) is 0 Å². The molecule has 7 aromatic rings. The summed E-state index contributed by atoms with van der Waals surface area (Å²) in [7, 11) is 2.63. The maximum Gasteiger partial charge on any atom is 0.356 e. The largest absolute Gasteiger partial charge is 0.448 e. The zero-order valence-corrected chi connectivity index (χ0v) is 41.6. The number of hydrogen-bond acceptors (Lipinski definition) is 16. The number of fused-ring (bicyclic) bond motifs is 1. The first kappa shape index (κ1) is 49.6. The van der Waals surface area contributed by atoms with Crippen LogP contribution >= 0.6 is 35.7 Å². The van der Waals surface area contributed by atoms with Crippen molar-refractivity contribution in [2.75, 3.05) is 25.3 Å². The highest BCUT2D eigenvalue weighted by Gasteiger charge is 2.55.